The highest BCUT2D eigenvalue weighted by Crippen LogP contribution is 2.14. The van der Waals surface area contributed by atoms with Crippen LogP contribution in [-0.2, 0) is 0 Å². The van der Waals surface area contributed by atoms with Crippen LogP contribution >= 0.6 is 0 Å². The fourth-order valence-electron chi connectivity index (χ4n) is 1.71. The summed E-state index contributed by atoms with van der Waals surface area (Å²) >= 11 is 0. The van der Waals surface area contributed by atoms with E-state index >= 15 is 0 Å². The van der Waals surface area contributed by atoms with Crippen molar-refractivity contribution in [2.45, 2.75) is 13.0 Å². The van der Waals surface area contributed by atoms with E-state index < -0.39 is 0 Å². The normalized spacial score (nSPS) is 12.2. The standard InChI is InChI=1S/C15H14FNO/c1-10(17)11-2-4-12(5-3-11)15(18)13-6-8-14(16)9-7-13/h2-10H,17H2,1H3. The molecule has 0 fully saturated rings. The molecule has 1 atom stereocenters. The van der Waals surface area contributed by atoms with Crippen LogP contribution in [-0.4, -0.2) is 5.78 Å². The maximum Gasteiger partial charge on any atom is 0.193 e. The lowest BCUT2D eigenvalue weighted by molar-refractivity contribution is 0.103. The zero-order valence-electron chi connectivity index (χ0n) is 10.1. The van der Waals surface area contributed by atoms with Crippen LogP contribution < -0.4 is 5.73 Å². The molecule has 0 saturated heterocycles. The summed E-state index contributed by atoms with van der Waals surface area (Å²) < 4.78 is 12.8. The molecule has 0 aliphatic heterocycles. The molecule has 0 bridgehead atoms. The SMILES string of the molecule is CC(N)c1ccc(C(=O)c2ccc(F)cc2)cc1. The molecule has 0 radical (unpaired) electrons. The smallest absolute Gasteiger partial charge is 0.193 e. The van der Waals surface area contributed by atoms with Gasteiger partial charge in [0.2, 0.25) is 0 Å². The third kappa shape index (κ3) is 2.63. The number of halogens is 1. The van der Waals surface area contributed by atoms with Crippen molar-refractivity contribution in [1.29, 1.82) is 0 Å². The Morgan fingerprint density at radius 2 is 1.44 bits per heavy atom. The van der Waals surface area contributed by atoms with Gasteiger partial charge in [-0.15, -0.1) is 0 Å². The second-order valence-electron chi connectivity index (χ2n) is 4.25. The topological polar surface area (TPSA) is 43.1 Å². The third-order valence-electron chi connectivity index (χ3n) is 2.81. The van der Waals surface area contributed by atoms with Gasteiger partial charge < -0.3 is 5.73 Å². The van der Waals surface area contributed by atoms with Crippen molar-refractivity contribution in [3.05, 3.63) is 71.0 Å². The van der Waals surface area contributed by atoms with Gasteiger partial charge in [-0.1, -0.05) is 24.3 Å². The average molecular weight is 243 g/mol. The van der Waals surface area contributed by atoms with E-state index in [4.69, 9.17) is 5.73 Å². The van der Waals surface area contributed by atoms with Gasteiger partial charge in [-0.25, -0.2) is 4.39 Å². The molecular weight excluding hydrogens is 229 g/mol. The minimum atomic E-state index is -0.348. The van der Waals surface area contributed by atoms with Crippen LogP contribution in [0.3, 0.4) is 0 Å². The van der Waals surface area contributed by atoms with E-state index in [1.54, 1.807) is 12.1 Å². The first-order valence-electron chi connectivity index (χ1n) is 5.74. The monoisotopic (exact) mass is 243 g/mol. The molecule has 0 spiro atoms. The van der Waals surface area contributed by atoms with Gasteiger partial charge in [-0.3, -0.25) is 4.79 Å². The van der Waals surface area contributed by atoms with Gasteiger partial charge in [-0.05, 0) is 36.8 Å². The molecular formula is C15H14FNO. The second kappa shape index (κ2) is 5.10. The van der Waals surface area contributed by atoms with Crippen LogP contribution in [0, 0.1) is 5.82 Å². The molecule has 18 heavy (non-hydrogen) atoms. The maximum absolute atomic E-state index is 12.8. The lowest BCUT2D eigenvalue weighted by Crippen LogP contribution is -2.06. The molecule has 92 valence electrons. The Hall–Kier alpha value is -2.00. The van der Waals surface area contributed by atoms with Crippen molar-refractivity contribution in [1.82, 2.24) is 0 Å². The van der Waals surface area contributed by atoms with Gasteiger partial charge in [0.1, 0.15) is 5.82 Å². The highest BCUT2D eigenvalue weighted by atomic mass is 19.1. The summed E-state index contributed by atoms with van der Waals surface area (Å²) in [6.45, 7) is 1.89. The number of ketones is 1. The van der Waals surface area contributed by atoms with Gasteiger partial charge in [0.05, 0.1) is 0 Å². The average Bonchev–Trinajstić information content (AvgIpc) is 2.39. The molecule has 0 aliphatic carbocycles. The van der Waals surface area contributed by atoms with Gasteiger partial charge in [-0.2, -0.15) is 0 Å². The fourth-order valence-corrected chi connectivity index (χ4v) is 1.71. The Labute approximate surface area is 105 Å². The summed E-state index contributed by atoms with van der Waals surface area (Å²) in [5.74, 6) is -0.468. The molecule has 0 saturated carbocycles. The van der Waals surface area contributed by atoms with Crippen LogP contribution in [0.25, 0.3) is 0 Å². The van der Waals surface area contributed by atoms with Crippen molar-refractivity contribution in [3.63, 3.8) is 0 Å². The predicted molar refractivity (Wildman–Crippen MR) is 68.9 cm³/mol. The summed E-state index contributed by atoms with van der Waals surface area (Å²) in [4.78, 5) is 12.1. The highest BCUT2D eigenvalue weighted by Gasteiger charge is 2.09. The molecule has 2 N–H and O–H groups in total. The molecule has 2 rings (SSSR count). The van der Waals surface area contributed by atoms with Crippen LogP contribution in [0.4, 0.5) is 4.39 Å². The molecule has 0 aliphatic rings. The van der Waals surface area contributed by atoms with Crippen molar-refractivity contribution < 1.29 is 9.18 Å². The van der Waals surface area contributed by atoms with Crippen molar-refractivity contribution in [2.75, 3.05) is 0 Å². The summed E-state index contributed by atoms with van der Waals surface area (Å²) in [7, 11) is 0. The zero-order chi connectivity index (χ0) is 13.1. The number of benzene rings is 2. The third-order valence-corrected chi connectivity index (χ3v) is 2.81. The minimum Gasteiger partial charge on any atom is -0.324 e. The van der Waals surface area contributed by atoms with E-state index in [9.17, 15) is 9.18 Å². The number of hydrogen-bond donors (Lipinski definition) is 1. The van der Waals surface area contributed by atoms with Gasteiger partial charge in [0.25, 0.3) is 0 Å². The van der Waals surface area contributed by atoms with Crippen LogP contribution in [0.2, 0.25) is 0 Å². The Morgan fingerprint density at radius 3 is 1.89 bits per heavy atom. The number of hydrogen-bond acceptors (Lipinski definition) is 2. The van der Waals surface area contributed by atoms with E-state index in [0.717, 1.165) is 5.56 Å². The number of carbonyl (C=O) groups is 1. The maximum atomic E-state index is 12.8. The van der Waals surface area contributed by atoms with E-state index in [1.807, 2.05) is 19.1 Å². The first-order valence-corrected chi connectivity index (χ1v) is 5.74. The summed E-state index contributed by atoms with van der Waals surface area (Å²) in [6, 6.07) is 12.6. The largest absolute Gasteiger partial charge is 0.324 e. The molecule has 1 unspecified atom stereocenters. The Bertz CT molecular complexity index is 544. The van der Waals surface area contributed by atoms with Crippen molar-refractivity contribution in [3.8, 4) is 0 Å². The number of nitrogens with two attached hydrogens (primary N) is 1. The van der Waals surface area contributed by atoms with Crippen LogP contribution in [0.1, 0.15) is 34.5 Å². The van der Waals surface area contributed by atoms with Crippen molar-refractivity contribution in [2.24, 2.45) is 5.73 Å². The van der Waals surface area contributed by atoms with Gasteiger partial charge in [0.15, 0.2) is 5.78 Å². The molecule has 0 amide bonds. The zero-order valence-corrected chi connectivity index (χ0v) is 10.1. The molecule has 2 aromatic carbocycles. The molecule has 2 aromatic rings. The quantitative estimate of drug-likeness (QED) is 0.842. The van der Waals surface area contributed by atoms with E-state index in [-0.39, 0.29) is 17.6 Å². The Balaban J connectivity index is 2.26. The first-order chi connectivity index (χ1) is 8.58. The van der Waals surface area contributed by atoms with Crippen molar-refractivity contribution >= 4 is 5.78 Å². The van der Waals surface area contributed by atoms with Crippen LogP contribution in [0.15, 0.2) is 48.5 Å². The van der Waals surface area contributed by atoms with E-state index in [2.05, 4.69) is 0 Å². The van der Waals surface area contributed by atoms with Gasteiger partial charge in [0, 0.05) is 17.2 Å². The van der Waals surface area contributed by atoms with Gasteiger partial charge >= 0.3 is 0 Å². The summed E-state index contributed by atoms with van der Waals surface area (Å²) in [5.41, 5.74) is 7.77. The second-order valence-corrected chi connectivity index (χ2v) is 4.25. The fraction of sp³-hybridized carbons (Fsp3) is 0.133. The lowest BCUT2D eigenvalue weighted by Gasteiger charge is -2.06. The number of carbonyl (C=O) groups excluding carboxylic acids is 1. The molecule has 0 aromatic heterocycles. The minimum absolute atomic E-state index is 0.0556. The van der Waals surface area contributed by atoms with E-state index in [1.165, 1.54) is 24.3 Å². The molecule has 2 nitrogen and oxygen atoms in total. The highest BCUT2D eigenvalue weighted by molar-refractivity contribution is 6.08. The van der Waals surface area contributed by atoms with Crippen LogP contribution in [0.5, 0.6) is 0 Å². The molecule has 0 heterocycles. The lowest BCUT2D eigenvalue weighted by atomic mass is 10.0. The Morgan fingerprint density at radius 1 is 1.00 bits per heavy atom. The predicted octanol–water partition coefficient (Wildman–Crippen LogP) is 3.08. The number of rotatable bonds is 3. The van der Waals surface area contributed by atoms with E-state index in [0.29, 0.717) is 11.1 Å². The Kier molecular flexibility index (Phi) is 3.53. The molecule has 3 heteroatoms. The summed E-state index contributed by atoms with van der Waals surface area (Å²) in [6.07, 6.45) is 0. The summed E-state index contributed by atoms with van der Waals surface area (Å²) in [5, 5.41) is 0. The first kappa shape index (κ1) is 12.5.